The summed E-state index contributed by atoms with van der Waals surface area (Å²) in [5.74, 6) is -0.0394. The Balaban J connectivity index is 1.60. The van der Waals surface area contributed by atoms with E-state index in [-0.39, 0.29) is 24.3 Å². The van der Waals surface area contributed by atoms with Crippen LogP contribution in [0.5, 0.6) is 0 Å². The van der Waals surface area contributed by atoms with Crippen LogP contribution < -0.4 is 10.2 Å². The van der Waals surface area contributed by atoms with Gasteiger partial charge in [0.1, 0.15) is 0 Å². The van der Waals surface area contributed by atoms with Crippen molar-refractivity contribution in [3.05, 3.63) is 65.7 Å². The number of nitrogens with one attached hydrogen (secondary N) is 1. The summed E-state index contributed by atoms with van der Waals surface area (Å²) < 4.78 is 0. The lowest BCUT2D eigenvalue weighted by Crippen LogP contribution is -2.49. The molecule has 0 aromatic heterocycles. The predicted molar refractivity (Wildman–Crippen MR) is 108 cm³/mol. The zero-order valence-corrected chi connectivity index (χ0v) is 16.0. The molecule has 1 atom stereocenters. The normalized spacial score (nSPS) is 15.3. The van der Waals surface area contributed by atoms with Gasteiger partial charge in [-0.25, -0.2) is 0 Å². The van der Waals surface area contributed by atoms with Crippen LogP contribution >= 0.6 is 0 Å². The Hall–Kier alpha value is -2.82. The highest BCUT2D eigenvalue weighted by atomic mass is 16.2. The number of piperazine rings is 1. The SMILES string of the molecule is CC(=O)N[C@@H](CC(=O)N1CCN(c2cccc(C)c2)CC1)c1ccccc1. The van der Waals surface area contributed by atoms with Crippen molar-refractivity contribution in [3.8, 4) is 0 Å². The van der Waals surface area contributed by atoms with Gasteiger partial charge in [0.25, 0.3) is 0 Å². The summed E-state index contributed by atoms with van der Waals surface area (Å²) in [4.78, 5) is 28.6. The van der Waals surface area contributed by atoms with Crippen molar-refractivity contribution in [2.75, 3.05) is 31.1 Å². The molecule has 1 aliphatic heterocycles. The fourth-order valence-corrected chi connectivity index (χ4v) is 3.53. The first-order valence-corrected chi connectivity index (χ1v) is 9.44. The minimum atomic E-state index is -0.286. The molecule has 1 fully saturated rings. The van der Waals surface area contributed by atoms with Gasteiger partial charge >= 0.3 is 0 Å². The lowest BCUT2D eigenvalue weighted by Gasteiger charge is -2.37. The molecular weight excluding hydrogens is 338 g/mol. The van der Waals surface area contributed by atoms with E-state index in [1.807, 2.05) is 35.2 Å². The van der Waals surface area contributed by atoms with Crippen LogP contribution in [0.3, 0.4) is 0 Å². The van der Waals surface area contributed by atoms with Gasteiger partial charge in [0.2, 0.25) is 11.8 Å². The molecule has 27 heavy (non-hydrogen) atoms. The Bertz CT molecular complexity index is 783. The molecule has 3 rings (SSSR count). The van der Waals surface area contributed by atoms with Gasteiger partial charge in [0.15, 0.2) is 0 Å². The van der Waals surface area contributed by atoms with Crippen molar-refractivity contribution in [1.29, 1.82) is 0 Å². The third-order valence-electron chi connectivity index (χ3n) is 4.96. The summed E-state index contributed by atoms with van der Waals surface area (Å²) in [6.07, 6.45) is 0.286. The van der Waals surface area contributed by atoms with Gasteiger partial charge in [-0.05, 0) is 30.2 Å². The molecule has 0 saturated carbocycles. The van der Waals surface area contributed by atoms with Gasteiger partial charge in [-0.3, -0.25) is 9.59 Å². The largest absolute Gasteiger partial charge is 0.368 e. The lowest BCUT2D eigenvalue weighted by atomic mass is 10.0. The molecule has 0 aliphatic carbocycles. The van der Waals surface area contributed by atoms with E-state index in [9.17, 15) is 9.59 Å². The number of carbonyl (C=O) groups excluding carboxylic acids is 2. The number of hydrogen-bond donors (Lipinski definition) is 1. The second-order valence-corrected chi connectivity index (χ2v) is 7.07. The molecule has 2 amide bonds. The van der Waals surface area contributed by atoms with Crippen molar-refractivity contribution in [2.45, 2.75) is 26.3 Å². The summed E-state index contributed by atoms with van der Waals surface area (Å²) in [5.41, 5.74) is 3.41. The van der Waals surface area contributed by atoms with Crippen LogP contribution in [0.15, 0.2) is 54.6 Å². The highest BCUT2D eigenvalue weighted by Gasteiger charge is 2.25. The third-order valence-corrected chi connectivity index (χ3v) is 4.96. The van der Waals surface area contributed by atoms with Gasteiger partial charge in [-0.2, -0.15) is 0 Å². The summed E-state index contributed by atoms with van der Waals surface area (Å²) in [5, 5.41) is 2.91. The number of nitrogens with zero attached hydrogens (tertiary/aromatic N) is 2. The van der Waals surface area contributed by atoms with Crippen LogP contribution in [-0.4, -0.2) is 42.9 Å². The highest BCUT2D eigenvalue weighted by Crippen LogP contribution is 2.21. The van der Waals surface area contributed by atoms with E-state index in [1.54, 1.807) is 0 Å². The first-order valence-electron chi connectivity index (χ1n) is 9.44. The zero-order chi connectivity index (χ0) is 19.2. The summed E-state index contributed by atoms with van der Waals surface area (Å²) in [6, 6.07) is 17.9. The molecule has 142 valence electrons. The number of rotatable bonds is 5. The quantitative estimate of drug-likeness (QED) is 0.886. The van der Waals surface area contributed by atoms with E-state index in [0.717, 1.165) is 18.7 Å². The Morgan fingerprint density at radius 3 is 2.33 bits per heavy atom. The Kier molecular flexibility index (Phi) is 6.12. The van der Waals surface area contributed by atoms with Crippen molar-refractivity contribution in [3.63, 3.8) is 0 Å². The molecule has 0 unspecified atom stereocenters. The van der Waals surface area contributed by atoms with Gasteiger partial charge in [0.05, 0.1) is 12.5 Å². The Morgan fingerprint density at radius 1 is 1.00 bits per heavy atom. The van der Waals surface area contributed by atoms with Gasteiger partial charge in [0, 0.05) is 38.8 Å². The number of anilines is 1. The van der Waals surface area contributed by atoms with Crippen LogP contribution in [0.25, 0.3) is 0 Å². The van der Waals surface area contributed by atoms with Crippen molar-refractivity contribution < 1.29 is 9.59 Å². The molecule has 0 spiro atoms. The predicted octanol–water partition coefficient (Wildman–Crippen LogP) is 2.91. The molecule has 5 nitrogen and oxygen atoms in total. The van der Waals surface area contributed by atoms with Gasteiger partial charge < -0.3 is 15.1 Å². The number of benzene rings is 2. The molecule has 5 heteroatoms. The summed E-state index contributed by atoms with van der Waals surface area (Å²) in [7, 11) is 0. The van der Waals surface area contributed by atoms with E-state index in [0.29, 0.717) is 13.1 Å². The van der Waals surface area contributed by atoms with Crippen molar-refractivity contribution in [1.82, 2.24) is 10.2 Å². The average Bonchev–Trinajstić information content (AvgIpc) is 2.68. The molecule has 0 radical (unpaired) electrons. The number of aryl methyl sites for hydroxylation is 1. The van der Waals surface area contributed by atoms with Crippen molar-refractivity contribution in [2.24, 2.45) is 0 Å². The number of amides is 2. The van der Waals surface area contributed by atoms with E-state index >= 15 is 0 Å². The van der Waals surface area contributed by atoms with Crippen LogP contribution in [0.2, 0.25) is 0 Å². The van der Waals surface area contributed by atoms with Crippen LogP contribution in [-0.2, 0) is 9.59 Å². The maximum absolute atomic E-state index is 12.8. The van der Waals surface area contributed by atoms with Crippen molar-refractivity contribution >= 4 is 17.5 Å². The molecule has 1 aliphatic rings. The topological polar surface area (TPSA) is 52.7 Å². The summed E-state index contributed by atoms with van der Waals surface area (Å²) >= 11 is 0. The molecule has 1 saturated heterocycles. The second kappa shape index (κ2) is 8.71. The monoisotopic (exact) mass is 365 g/mol. The highest BCUT2D eigenvalue weighted by molar-refractivity contribution is 5.79. The Morgan fingerprint density at radius 2 is 1.70 bits per heavy atom. The number of carbonyl (C=O) groups is 2. The minimum absolute atomic E-state index is 0.0847. The maximum Gasteiger partial charge on any atom is 0.225 e. The molecular formula is C22H27N3O2. The molecule has 0 bridgehead atoms. The average molecular weight is 365 g/mol. The van der Waals surface area contributed by atoms with E-state index < -0.39 is 0 Å². The summed E-state index contributed by atoms with van der Waals surface area (Å²) in [6.45, 7) is 6.63. The van der Waals surface area contributed by atoms with E-state index in [4.69, 9.17) is 0 Å². The zero-order valence-electron chi connectivity index (χ0n) is 16.0. The Labute approximate surface area is 161 Å². The molecule has 2 aromatic rings. The standard InChI is InChI=1S/C22H27N3O2/c1-17-7-6-10-20(15-17)24-11-13-25(14-12-24)22(27)16-21(23-18(2)26)19-8-4-3-5-9-19/h3-10,15,21H,11-14,16H2,1-2H3,(H,23,26)/t21-/m0/s1. The van der Waals surface area contributed by atoms with Crippen LogP contribution in [0.1, 0.15) is 30.5 Å². The molecule has 2 aromatic carbocycles. The van der Waals surface area contributed by atoms with E-state index in [1.165, 1.54) is 18.2 Å². The minimum Gasteiger partial charge on any atom is -0.368 e. The third kappa shape index (κ3) is 5.09. The second-order valence-electron chi connectivity index (χ2n) is 7.07. The maximum atomic E-state index is 12.8. The van der Waals surface area contributed by atoms with Crippen LogP contribution in [0.4, 0.5) is 5.69 Å². The van der Waals surface area contributed by atoms with Gasteiger partial charge in [-0.1, -0.05) is 42.5 Å². The lowest BCUT2D eigenvalue weighted by molar-refractivity contribution is -0.132. The fraction of sp³-hybridized carbons (Fsp3) is 0.364. The smallest absolute Gasteiger partial charge is 0.225 e. The molecule has 1 N–H and O–H groups in total. The molecule has 1 heterocycles. The van der Waals surface area contributed by atoms with Crippen LogP contribution in [0, 0.1) is 6.92 Å². The fourth-order valence-electron chi connectivity index (χ4n) is 3.53. The first-order chi connectivity index (χ1) is 13.0. The number of hydrogen-bond acceptors (Lipinski definition) is 3. The van der Waals surface area contributed by atoms with Gasteiger partial charge in [-0.15, -0.1) is 0 Å². The first kappa shape index (κ1) is 19.0. The van der Waals surface area contributed by atoms with E-state index in [2.05, 4.69) is 41.4 Å².